The van der Waals surface area contributed by atoms with Crippen LogP contribution in [0.25, 0.3) is 0 Å². The van der Waals surface area contributed by atoms with Crippen LogP contribution >= 0.6 is 0 Å². The molecule has 1 aromatic carbocycles. The van der Waals surface area contributed by atoms with Crippen molar-refractivity contribution in [3.63, 3.8) is 0 Å². The van der Waals surface area contributed by atoms with E-state index in [-0.39, 0.29) is 5.82 Å². The minimum absolute atomic E-state index is 0.0957. The Morgan fingerprint density at radius 1 is 1.17 bits per heavy atom. The lowest BCUT2D eigenvalue weighted by molar-refractivity contribution is 0.133. The Hall–Kier alpha value is -0.930. The second-order valence-electron chi connectivity index (χ2n) is 4.69. The molecule has 1 rings (SSSR count). The minimum atomic E-state index is -0.0957. The standard InChI is InChI=1S/C15H24FNO/c1-4-5-7-18-8-6-17-11-14-9-12(2)15(16)13(3)10-14/h9-10,17H,4-8,11H2,1-3H3. The predicted molar refractivity (Wildman–Crippen MR) is 73.3 cm³/mol. The van der Waals surface area contributed by atoms with Crippen molar-refractivity contribution in [3.05, 3.63) is 34.6 Å². The third kappa shape index (κ3) is 5.15. The van der Waals surface area contributed by atoms with Gasteiger partial charge in [-0.05, 0) is 37.0 Å². The van der Waals surface area contributed by atoms with Crippen LogP contribution in [-0.4, -0.2) is 19.8 Å². The Kier molecular flexibility index (Phi) is 6.91. The molecular formula is C15H24FNO. The van der Waals surface area contributed by atoms with Gasteiger partial charge in [-0.2, -0.15) is 0 Å². The van der Waals surface area contributed by atoms with Crippen molar-refractivity contribution in [2.45, 2.75) is 40.2 Å². The molecular weight excluding hydrogens is 229 g/mol. The smallest absolute Gasteiger partial charge is 0.129 e. The van der Waals surface area contributed by atoms with Gasteiger partial charge < -0.3 is 10.1 Å². The van der Waals surface area contributed by atoms with Crippen LogP contribution in [-0.2, 0) is 11.3 Å². The van der Waals surface area contributed by atoms with E-state index in [1.165, 1.54) is 6.42 Å². The van der Waals surface area contributed by atoms with Crippen molar-refractivity contribution in [3.8, 4) is 0 Å². The van der Waals surface area contributed by atoms with Gasteiger partial charge in [-0.25, -0.2) is 4.39 Å². The molecule has 2 nitrogen and oxygen atoms in total. The number of hydrogen-bond acceptors (Lipinski definition) is 2. The zero-order valence-electron chi connectivity index (χ0n) is 11.7. The van der Waals surface area contributed by atoms with E-state index < -0.39 is 0 Å². The van der Waals surface area contributed by atoms with Crippen molar-refractivity contribution in [2.75, 3.05) is 19.8 Å². The average Bonchev–Trinajstić information content (AvgIpc) is 2.34. The third-order valence-electron chi connectivity index (χ3n) is 2.89. The van der Waals surface area contributed by atoms with Gasteiger partial charge in [0.2, 0.25) is 0 Å². The van der Waals surface area contributed by atoms with E-state index in [2.05, 4.69) is 12.2 Å². The Labute approximate surface area is 110 Å². The zero-order chi connectivity index (χ0) is 13.4. The lowest BCUT2D eigenvalue weighted by atomic mass is 10.1. The van der Waals surface area contributed by atoms with Crippen LogP contribution in [0.15, 0.2) is 12.1 Å². The fraction of sp³-hybridized carbons (Fsp3) is 0.600. The largest absolute Gasteiger partial charge is 0.380 e. The highest BCUT2D eigenvalue weighted by Gasteiger charge is 2.03. The number of rotatable bonds is 8. The van der Waals surface area contributed by atoms with Gasteiger partial charge in [0.05, 0.1) is 6.61 Å². The lowest BCUT2D eigenvalue weighted by Gasteiger charge is -2.08. The SMILES string of the molecule is CCCCOCCNCc1cc(C)c(F)c(C)c1. The summed E-state index contributed by atoms with van der Waals surface area (Å²) in [6, 6.07) is 3.79. The average molecular weight is 253 g/mol. The fourth-order valence-electron chi connectivity index (χ4n) is 1.86. The van der Waals surface area contributed by atoms with Gasteiger partial charge in [0, 0.05) is 19.7 Å². The van der Waals surface area contributed by atoms with Crippen molar-refractivity contribution in [1.29, 1.82) is 0 Å². The van der Waals surface area contributed by atoms with Crippen LogP contribution in [0.3, 0.4) is 0 Å². The van der Waals surface area contributed by atoms with Crippen LogP contribution in [0.4, 0.5) is 4.39 Å². The number of aryl methyl sites for hydroxylation is 2. The number of ether oxygens (including phenoxy) is 1. The molecule has 0 aliphatic rings. The minimum Gasteiger partial charge on any atom is -0.380 e. The summed E-state index contributed by atoms with van der Waals surface area (Å²) in [5.74, 6) is -0.0957. The van der Waals surface area contributed by atoms with Crippen LogP contribution in [0.2, 0.25) is 0 Å². The van der Waals surface area contributed by atoms with Crippen LogP contribution in [0, 0.1) is 19.7 Å². The second-order valence-corrected chi connectivity index (χ2v) is 4.69. The molecule has 0 bridgehead atoms. The lowest BCUT2D eigenvalue weighted by Crippen LogP contribution is -2.19. The van der Waals surface area contributed by atoms with Gasteiger partial charge in [-0.3, -0.25) is 0 Å². The molecule has 0 saturated carbocycles. The molecule has 0 spiro atoms. The van der Waals surface area contributed by atoms with Crippen LogP contribution < -0.4 is 5.32 Å². The monoisotopic (exact) mass is 253 g/mol. The summed E-state index contributed by atoms with van der Waals surface area (Å²) in [5, 5.41) is 3.31. The molecule has 18 heavy (non-hydrogen) atoms. The molecule has 1 aromatic rings. The highest BCUT2D eigenvalue weighted by atomic mass is 19.1. The highest BCUT2D eigenvalue weighted by Crippen LogP contribution is 2.14. The maximum atomic E-state index is 13.4. The Balaban J connectivity index is 2.23. The molecule has 1 N–H and O–H groups in total. The van der Waals surface area contributed by atoms with E-state index in [0.717, 1.165) is 38.3 Å². The summed E-state index contributed by atoms with van der Waals surface area (Å²) < 4.78 is 18.9. The number of hydrogen-bond donors (Lipinski definition) is 1. The molecule has 0 heterocycles. The van der Waals surface area contributed by atoms with E-state index in [0.29, 0.717) is 11.1 Å². The van der Waals surface area contributed by atoms with Gasteiger partial charge in [-0.15, -0.1) is 0 Å². The van der Waals surface area contributed by atoms with Crippen molar-refractivity contribution >= 4 is 0 Å². The summed E-state index contributed by atoms with van der Waals surface area (Å²) in [6.07, 6.45) is 2.29. The summed E-state index contributed by atoms with van der Waals surface area (Å²) in [7, 11) is 0. The van der Waals surface area contributed by atoms with Gasteiger partial charge >= 0.3 is 0 Å². The molecule has 0 atom stereocenters. The quantitative estimate of drug-likeness (QED) is 0.717. The molecule has 0 saturated heterocycles. The summed E-state index contributed by atoms with van der Waals surface area (Å²) >= 11 is 0. The molecule has 0 amide bonds. The summed E-state index contributed by atoms with van der Waals surface area (Å²) in [4.78, 5) is 0. The van der Waals surface area contributed by atoms with Gasteiger partial charge in [-0.1, -0.05) is 25.5 Å². The molecule has 0 aromatic heterocycles. The Morgan fingerprint density at radius 3 is 2.44 bits per heavy atom. The van der Waals surface area contributed by atoms with E-state index in [9.17, 15) is 4.39 Å². The molecule has 0 aliphatic carbocycles. The molecule has 0 radical (unpaired) electrons. The van der Waals surface area contributed by atoms with Gasteiger partial charge in [0.1, 0.15) is 5.82 Å². The van der Waals surface area contributed by atoms with Crippen molar-refractivity contribution < 1.29 is 9.13 Å². The Bertz CT molecular complexity index is 343. The van der Waals surface area contributed by atoms with Crippen LogP contribution in [0.1, 0.15) is 36.5 Å². The molecule has 3 heteroatoms. The first-order valence-electron chi connectivity index (χ1n) is 6.69. The van der Waals surface area contributed by atoms with E-state index in [4.69, 9.17) is 4.74 Å². The predicted octanol–water partition coefficient (Wildman–Crippen LogP) is 3.35. The first kappa shape index (κ1) is 15.1. The van der Waals surface area contributed by atoms with E-state index in [1.54, 1.807) is 13.8 Å². The Morgan fingerprint density at radius 2 is 1.83 bits per heavy atom. The topological polar surface area (TPSA) is 21.3 Å². The number of nitrogens with one attached hydrogen (secondary N) is 1. The molecule has 102 valence electrons. The van der Waals surface area contributed by atoms with Crippen molar-refractivity contribution in [1.82, 2.24) is 5.32 Å². The number of halogens is 1. The summed E-state index contributed by atoms with van der Waals surface area (Å²) in [6.45, 7) is 8.94. The normalized spacial score (nSPS) is 10.9. The van der Waals surface area contributed by atoms with Crippen LogP contribution in [0.5, 0.6) is 0 Å². The van der Waals surface area contributed by atoms with Gasteiger partial charge in [0.15, 0.2) is 0 Å². The number of unbranched alkanes of at least 4 members (excludes halogenated alkanes) is 1. The molecule has 0 unspecified atom stereocenters. The van der Waals surface area contributed by atoms with E-state index in [1.807, 2.05) is 12.1 Å². The maximum Gasteiger partial charge on any atom is 0.129 e. The third-order valence-corrected chi connectivity index (χ3v) is 2.89. The van der Waals surface area contributed by atoms with E-state index >= 15 is 0 Å². The number of benzene rings is 1. The van der Waals surface area contributed by atoms with Gasteiger partial charge in [0.25, 0.3) is 0 Å². The molecule has 0 aliphatic heterocycles. The van der Waals surface area contributed by atoms with Crippen molar-refractivity contribution in [2.24, 2.45) is 0 Å². The fourth-order valence-corrected chi connectivity index (χ4v) is 1.86. The first-order chi connectivity index (χ1) is 8.65. The molecule has 0 fully saturated rings. The maximum absolute atomic E-state index is 13.4. The summed E-state index contributed by atoms with van der Waals surface area (Å²) in [5.41, 5.74) is 2.55. The second kappa shape index (κ2) is 8.22. The first-order valence-corrected chi connectivity index (χ1v) is 6.69. The highest BCUT2D eigenvalue weighted by molar-refractivity contribution is 5.30. The zero-order valence-corrected chi connectivity index (χ0v) is 11.7.